The van der Waals surface area contributed by atoms with Crippen LogP contribution in [0.15, 0.2) is 18.2 Å². The Bertz CT molecular complexity index is 543. The molecule has 1 aromatic carbocycles. The molecule has 8 heteroatoms. The topological polar surface area (TPSA) is 111 Å². The quantitative estimate of drug-likeness (QED) is 0.547. The van der Waals surface area contributed by atoms with Crippen molar-refractivity contribution in [2.45, 2.75) is 24.9 Å². The molecule has 0 amide bonds. The van der Waals surface area contributed by atoms with E-state index in [0.717, 1.165) is 12.8 Å². The number of rotatable bonds is 8. The number of benzene rings is 1. The van der Waals surface area contributed by atoms with Gasteiger partial charge in [0.1, 0.15) is 12.6 Å². The molecule has 1 aliphatic rings. The van der Waals surface area contributed by atoms with Crippen LogP contribution in [0, 0.1) is 10.1 Å². The Balaban J connectivity index is 2.07. The first-order chi connectivity index (χ1) is 10.0. The fraction of sp³-hybridized carbons (Fsp3) is 0.462. The molecule has 1 fully saturated rings. The first-order valence-corrected chi connectivity index (χ1v) is 6.45. The number of non-ortho nitro benzene ring substituents is 1. The Morgan fingerprint density at radius 3 is 2.76 bits per heavy atom. The van der Waals surface area contributed by atoms with Crippen molar-refractivity contribution in [3.05, 3.63) is 28.3 Å². The van der Waals surface area contributed by atoms with Crippen LogP contribution in [0.3, 0.4) is 0 Å². The molecule has 114 valence electrons. The van der Waals surface area contributed by atoms with E-state index in [0.29, 0.717) is 5.75 Å². The highest BCUT2D eigenvalue weighted by molar-refractivity contribution is 5.73. The summed E-state index contributed by atoms with van der Waals surface area (Å²) in [7, 11) is 1.41. The Morgan fingerprint density at radius 2 is 2.24 bits per heavy atom. The molecule has 0 aliphatic heterocycles. The minimum Gasteiger partial charge on any atom is -0.493 e. The molecule has 1 atom stereocenters. The van der Waals surface area contributed by atoms with Gasteiger partial charge >= 0.3 is 5.97 Å². The van der Waals surface area contributed by atoms with E-state index in [1.807, 2.05) is 0 Å². The predicted molar refractivity (Wildman–Crippen MR) is 72.7 cm³/mol. The smallest absolute Gasteiger partial charge is 0.324 e. The van der Waals surface area contributed by atoms with Crippen molar-refractivity contribution in [3.63, 3.8) is 0 Å². The van der Waals surface area contributed by atoms with Gasteiger partial charge < -0.3 is 14.6 Å². The van der Waals surface area contributed by atoms with Crippen LogP contribution in [0.2, 0.25) is 0 Å². The van der Waals surface area contributed by atoms with Gasteiger partial charge in [0.2, 0.25) is 0 Å². The summed E-state index contributed by atoms with van der Waals surface area (Å²) < 4.78 is 10.4. The summed E-state index contributed by atoms with van der Waals surface area (Å²) >= 11 is 0. The normalized spacial score (nSPS) is 15.3. The second-order valence-corrected chi connectivity index (χ2v) is 4.74. The number of ether oxygens (including phenoxy) is 2. The van der Waals surface area contributed by atoms with Gasteiger partial charge in [0.15, 0.2) is 11.5 Å². The van der Waals surface area contributed by atoms with Gasteiger partial charge in [-0.2, -0.15) is 0 Å². The molecule has 0 aromatic heterocycles. The number of nitrogens with one attached hydrogen (secondary N) is 1. The standard InChI is InChI=1S/C13H16N2O6/c1-20-11-5-4-9(15(18)19)6-12(11)21-7-10(13(16)17)14-8-2-3-8/h4-6,8,10,14H,2-3,7H2,1H3,(H,16,17). The Labute approximate surface area is 120 Å². The Morgan fingerprint density at radius 1 is 1.52 bits per heavy atom. The van der Waals surface area contributed by atoms with Crippen LogP contribution in [-0.2, 0) is 4.79 Å². The molecule has 2 N–H and O–H groups in total. The summed E-state index contributed by atoms with van der Waals surface area (Å²) in [6, 6.07) is 3.28. The monoisotopic (exact) mass is 296 g/mol. The van der Waals surface area contributed by atoms with Crippen LogP contribution in [0.1, 0.15) is 12.8 Å². The number of nitro benzene ring substituents is 1. The Kier molecular flexibility index (Phi) is 4.59. The summed E-state index contributed by atoms with van der Waals surface area (Å²) in [6.07, 6.45) is 1.90. The van der Waals surface area contributed by atoms with E-state index in [-0.39, 0.29) is 24.1 Å². The molecule has 0 heterocycles. The highest BCUT2D eigenvalue weighted by Crippen LogP contribution is 2.31. The summed E-state index contributed by atoms with van der Waals surface area (Å²) in [5, 5.41) is 22.8. The van der Waals surface area contributed by atoms with E-state index in [4.69, 9.17) is 14.6 Å². The number of hydrogen-bond acceptors (Lipinski definition) is 6. The van der Waals surface area contributed by atoms with Crippen molar-refractivity contribution in [3.8, 4) is 11.5 Å². The maximum absolute atomic E-state index is 11.1. The lowest BCUT2D eigenvalue weighted by Crippen LogP contribution is -2.42. The van der Waals surface area contributed by atoms with Crippen molar-refractivity contribution in [1.29, 1.82) is 0 Å². The number of carbonyl (C=O) groups is 1. The number of nitro groups is 1. The predicted octanol–water partition coefficient (Wildman–Crippen LogP) is 1.19. The summed E-state index contributed by atoms with van der Waals surface area (Å²) in [5.74, 6) is -0.557. The first kappa shape index (κ1) is 15.0. The van der Waals surface area contributed by atoms with Gasteiger partial charge in [-0.05, 0) is 18.9 Å². The molecule has 1 aliphatic carbocycles. The second kappa shape index (κ2) is 6.40. The molecule has 0 spiro atoms. The number of hydrogen-bond donors (Lipinski definition) is 2. The number of aliphatic carboxylic acids is 1. The van der Waals surface area contributed by atoms with Crippen LogP contribution >= 0.6 is 0 Å². The maximum atomic E-state index is 11.1. The number of carboxylic acids is 1. The van der Waals surface area contributed by atoms with Crippen molar-refractivity contribution >= 4 is 11.7 Å². The van der Waals surface area contributed by atoms with Crippen molar-refractivity contribution in [1.82, 2.24) is 5.32 Å². The molecule has 0 radical (unpaired) electrons. The lowest BCUT2D eigenvalue weighted by Gasteiger charge is -2.16. The van der Waals surface area contributed by atoms with Gasteiger partial charge in [-0.25, -0.2) is 0 Å². The average Bonchev–Trinajstić information content (AvgIpc) is 3.26. The Hall–Kier alpha value is -2.35. The van der Waals surface area contributed by atoms with E-state index < -0.39 is 16.9 Å². The van der Waals surface area contributed by atoms with Crippen LogP contribution in [-0.4, -0.2) is 41.8 Å². The van der Waals surface area contributed by atoms with E-state index in [9.17, 15) is 14.9 Å². The molecule has 8 nitrogen and oxygen atoms in total. The third-order valence-electron chi connectivity index (χ3n) is 3.08. The number of methoxy groups -OCH3 is 1. The number of nitrogens with zero attached hydrogens (tertiary/aromatic N) is 1. The van der Waals surface area contributed by atoms with Gasteiger partial charge in [-0.15, -0.1) is 0 Å². The van der Waals surface area contributed by atoms with Crippen LogP contribution in [0.25, 0.3) is 0 Å². The third kappa shape index (κ3) is 4.06. The van der Waals surface area contributed by atoms with E-state index in [2.05, 4.69) is 5.32 Å². The van der Waals surface area contributed by atoms with Crippen molar-refractivity contribution in [2.24, 2.45) is 0 Å². The van der Waals surface area contributed by atoms with Crippen LogP contribution < -0.4 is 14.8 Å². The van der Waals surface area contributed by atoms with E-state index in [1.165, 1.54) is 25.3 Å². The highest BCUT2D eigenvalue weighted by atomic mass is 16.6. The molecule has 2 rings (SSSR count). The summed E-state index contributed by atoms with van der Waals surface area (Å²) in [4.78, 5) is 21.3. The lowest BCUT2D eigenvalue weighted by molar-refractivity contribution is -0.385. The largest absolute Gasteiger partial charge is 0.493 e. The minimum absolute atomic E-state index is 0.136. The van der Waals surface area contributed by atoms with Crippen molar-refractivity contribution in [2.75, 3.05) is 13.7 Å². The molecule has 1 unspecified atom stereocenters. The van der Waals surface area contributed by atoms with Gasteiger partial charge in [-0.3, -0.25) is 20.2 Å². The van der Waals surface area contributed by atoms with E-state index >= 15 is 0 Å². The van der Waals surface area contributed by atoms with Crippen molar-refractivity contribution < 1.29 is 24.3 Å². The molecule has 21 heavy (non-hydrogen) atoms. The fourth-order valence-electron chi connectivity index (χ4n) is 1.79. The molecule has 1 aromatic rings. The maximum Gasteiger partial charge on any atom is 0.324 e. The summed E-state index contributed by atoms with van der Waals surface area (Å²) in [5.41, 5.74) is -0.146. The van der Waals surface area contributed by atoms with Gasteiger partial charge in [-0.1, -0.05) is 0 Å². The zero-order chi connectivity index (χ0) is 15.4. The molecule has 1 saturated carbocycles. The SMILES string of the molecule is COc1ccc([N+](=O)[O-])cc1OCC(NC1CC1)C(=O)O. The molecule has 0 saturated heterocycles. The van der Waals surface area contributed by atoms with Gasteiger partial charge in [0.05, 0.1) is 18.1 Å². The van der Waals surface area contributed by atoms with E-state index in [1.54, 1.807) is 0 Å². The number of carboxylic acid groups (broad SMARTS) is 1. The third-order valence-corrected chi connectivity index (χ3v) is 3.08. The minimum atomic E-state index is -1.02. The highest BCUT2D eigenvalue weighted by Gasteiger charge is 2.29. The molecular formula is C13H16N2O6. The fourth-order valence-corrected chi connectivity index (χ4v) is 1.79. The average molecular weight is 296 g/mol. The lowest BCUT2D eigenvalue weighted by atomic mass is 10.2. The summed E-state index contributed by atoms with van der Waals surface area (Å²) in [6.45, 7) is -0.136. The van der Waals surface area contributed by atoms with Gasteiger partial charge in [0, 0.05) is 12.1 Å². The van der Waals surface area contributed by atoms with Crippen LogP contribution in [0.5, 0.6) is 11.5 Å². The zero-order valence-corrected chi connectivity index (χ0v) is 11.4. The first-order valence-electron chi connectivity index (χ1n) is 6.45. The second-order valence-electron chi connectivity index (χ2n) is 4.74. The van der Waals surface area contributed by atoms with Crippen LogP contribution in [0.4, 0.5) is 5.69 Å². The van der Waals surface area contributed by atoms with Gasteiger partial charge in [0.25, 0.3) is 5.69 Å². The molecular weight excluding hydrogens is 280 g/mol. The zero-order valence-electron chi connectivity index (χ0n) is 11.4. The molecule has 0 bridgehead atoms.